The molecule has 0 unspecified atom stereocenters. The van der Waals surface area contributed by atoms with Gasteiger partial charge in [-0.2, -0.15) is 0 Å². The van der Waals surface area contributed by atoms with Gasteiger partial charge in [-0.1, -0.05) is 28.1 Å². The van der Waals surface area contributed by atoms with E-state index >= 15 is 0 Å². The molecule has 5 heteroatoms. The van der Waals surface area contributed by atoms with Gasteiger partial charge in [0.25, 0.3) is 0 Å². The van der Waals surface area contributed by atoms with Crippen LogP contribution in [-0.2, 0) is 13.2 Å². The Labute approximate surface area is 141 Å². The molecule has 0 spiro atoms. The predicted molar refractivity (Wildman–Crippen MR) is 91.9 cm³/mol. The Morgan fingerprint density at radius 3 is 2.57 bits per heavy atom. The van der Waals surface area contributed by atoms with Gasteiger partial charge in [-0.05, 0) is 47.2 Å². The first-order chi connectivity index (χ1) is 10.2. The minimum atomic E-state index is 0.469. The molecule has 3 nitrogen and oxygen atoms in total. The van der Waals surface area contributed by atoms with Crippen molar-refractivity contribution in [1.29, 1.82) is 0 Å². The van der Waals surface area contributed by atoms with Gasteiger partial charge in [-0.25, -0.2) is 0 Å². The fraction of sp³-hybridized carbons (Fsp3) is 0.250. The van der Waals surface area contributed by atoms with E-state index in [2.05, 4.69) is 43.2 Å². The Balaban J connectivity index is 2.20. The van der Waals surface area contributed by atoms with Crippen LogP contribution in [0.5, 0.6) is 11.5 Å². The molecule has 112 valence electrons. The van der Waals surface area contributed by atoms with E-state index in [4.69, 9.17) is 9.47 Å². The number of nitrogens with one attached hydrogen (secondary N) is 1. The van der Waals surface area contributed by atoms with E-state index in [0.29, 0.717) is 6.61 Å². The van der Waals surface area contributed by atoms with Crippen LogP contribution < -0.4 is 14.8 Å². The zero-order valence-electron chi connectivity index (χ0n) is 12.0. The molecule has 0 aromatic heterocycles. The van der Waals surface area contributed by atoms with E-state index in [1.807, 2.05) is 37.4 Å². The number of ether oxygens (including phenoxy) is 2. The third-order valence-corrected chi connectivity index (χ3v) is 4.44. The highest BCUT2D eigenvalue weighted by molar-refractivity contribution is 9.10. The van der Waals surface area contributed by atoms with E-state index in [1.165, 1.54) is 0 Å². The lowest BCUT2D eigenvalue weighted by atomic mass is 10.2. The van der Waals surface area contributed by atoms with Gasteiger partial charge in [0.1, 0.15) is 18.1 Å². The summed E-state index contributed by atoms with van der Waals surface area (Å²) in [4.78, 5) is 0. The first kappa shape index (κ1) is 16.3. The van der Waals surface area contributed by atoms with Crippen LogP contribution in [0.2, 0.25) is 0 Å². The monoisotopic (exact) mass is 413 g/mol. The Bertz CT molecular complexity index is 617. The van der Waals surface area contributed by atoms with Crippen molar-refractivity contribution in [2.75, 3.05) is 14.2 Å². The average Bonchev–Trinajstić information content (AvgIpc) is 2.48. The maximum Gasteiger partial charge on any atom is 0.138 e. The second-order valence-electron chi connectivity index (χ2n) is 4.50. The summed E-state index contributed by atoms with van der Waals surface area (Å²) in [5.74, 6) is 1.68. The number of methoxy groups -OCH3 is 1. The molecule has 0 aliphatic heterocycles. The number of hydrogen-bond donors (Lipinski definition) is 1. The lowest BCUT2D eigenvalue weighted by Gasteiger charge is -2.14. The number of rotatable bonds is 6. The Hall–Kier alpha value is -1.04. The molecule has 2 rings (SSSR count). The van der Waals surface area contributed by atoms with E-state index < -0.39 is 0 Å². The van der Waals surface area contributed by atoms with Crippen LogP contribution in [0.3, 0.4) is 0 Å². The van der Waals surface area contributed by atoms with Crippen molar-refractivity contribution >= 4 is 31.9 Å². The zero-order chi connectivity index (χ0) is 15.2. The second-order valence-corrected chi connectivity index (χ2v) is 6.21. The highest BCUT2D eigenvalue weighted by atomic mass is 79.9. The van der Waals surface area contributed by atoms with E-state index in [1.54, 1.807) is 7.11 Å². The second kappa shape index (κ2) is 7.82. The van der Waals surface area contributed by atoms with Gasteiger partial charge in [0.2, 0.25) is 0 Å². The van der Waals surface area contributed by atoms with E-state index in [-0.39, 0.29) is 0 Å². The van der Waals surface area contributed by atoms with Gasteiger partial charge in [0, 0.05) is 22.1 Å². The molecule has 0 saturated heterocycles. The normalized spacial score (nSPS) is 10.5. The fourth-order valence-corrected chi connectivity index (χ4v) is 2.87. The third kappa shape index (κ3) is 4.22. The molecule has 0 atom stereocenters. The van der Waals surface area contributed by atoms with Crippen LogP contribution in [0.25, 0.3) is 0 Å². The summed E-state index contributed by atoms with van der Waals surface area (Å²) in [5.41, 5.74) is 2.16. The number of halogens is 2. The van der Waals surface area contributed by atoms with Crippen LogP contribution in [0.4, 0.5) is 0 Å². The van der Waals surface area contributed by atoms with Gasteiger partial charge >= 0.3 is 0 Å². The Kier molecular flexibility index (Phi) is 6.08. The smallest absolute Gasteiger partial charge is 0.138 e. The first-order valence-electron chi connectivity index (χ1n) is 6.53. The van der Waals surface area contributed by atoms with Gasteiger partial charge in [-0.15, -0.1) is 0 Å². The topological polar surface area (TPSA) is 30.5 Å². The minimum absolute atomic E-state index is 0.469. The fourth-order valence-electron chi connectivity index (χ4n) is 1.98. The average molecular weight is 415 g/mol. The van der Waals surface area contributed by atoms with Gasteiger partial charge < -0.3 is 14.8 Å². The summed E-state index contributed by atoms with van der Waals surface area (Å²) >= 11 is 7.09. The summed E-state index contributed by atoms with van der Waals surface area (Å²) < 4.78 is 13.2. The van der Waals surface area contributed by atoms with Crippen molar-refractivity contribution in [3.05, 3.63) is 56.5 Å². The molecule has 0 bridgehead atoms. The van der Waals surface area contributed by atoms with Gasteiger partial charge in [0.05, 0.1) is 11.6 Å². The first-order valence-corrected chi connectivity index (χ1v) is 8.11. The van der Waals surface area contributed by atoms with E-state index in [9.17, 15) is 0 Å². The van der Waals surface area contributed by atoms with Crippen molar-refractivity contribution in [3.63, 3.8) is 0 Å². The van der Waals surface area contributed by atoms with Crippen molar-refractivity contribution in [2.45, 2.75) is 13.2 Å². The van der Waals surface area contributed by atoms with E-state index in [0.717, 1.165) is 38.1 Å². The predicted octanol–water partition coefficient (Wildman–Crippen LogP) is 4.52. The molecule has 0 aliphatic carbocycles. The van der Waals surface area contributed by atoms with Crippen LogP contribution in [0, 0.1) is 0 Å². The quantitative estimate of drug-likeness (QED) is 0.753. The molecule has 0 aliphatic rings. The van der Waals surface area contributed by atoms with Crippen LogP contribution in [0.1, 0.15) is 11.1 Å². The number of hydrogen-bond acceptors (Lipinski definition) is 3. The summed E-state index contributed by atoms with van der Waals surface area (Å²) in [7, 11) is 3.58. The van der Waals surface area contributed by atoms with Crippen molar-refractivity contribution in [1.82, 2.24) is 5.32 Å². The lowest BCUT2D eigenvalue weighted by Crippen LogP contribution is -2.08. The van der Waals surface area contributed by atoms with Crippen LogP contribution >= 0.6 is 31.9 Å². The molecular formula is C16H17Br2NO2. The minimum Gasteiger partial charge on any atom is -0.497 e. The Morgan fingerprint density at radius 2 is 1.86 bits per heavy atom. The highest BCUT2D eigenvalue weighted by Crippen LogP contribution is 2.31. The zero-order valence-corrected chi connectivity index (χ0v) is 15.1. The maximum absolute atomic E-state index is 6.01. The molecule has 1 N–H and O–H groups in total. The number of benzene rings is 2. The largest absolute Gasteiger partial charge is 0.497 e. The molecule has 2 aromatic rings. The lowest BCUT2D eigenvalue weighted by molar-refractivity contribution is 0.298. The highest BCUT2D eigenvalue weighted by Gasteiger charge is 2.09. The van der Waals surface area contributed by atoms with Crippen LogP contribution in [0.15, 0.2) is 45.3 Å². The maximum atomic E-state index is 6.01. The van der Waals surface area contributed by atoms with Crippen LogP contribution in [-0.4, -0.2) is 14.2 Å². The summed E-state index contributed by atoms with van der Waals surface area (Å²) in [5, 5.41) is 3.15. The van der Waals surface area contributed by atoms with Crippen molar-refractivity contribution in [2.24, 2.45) is 0 Å². The summed E-state index contributed by atoms with van der Waals surface area (Å²) in [6.45, 7) is 1.23. The molecule has 0 heterocycles. The van der Waals surface area contributed by atoms with Crippen molar-refractivity contribution in [3.8, 4) is 11.5 Å². The van der Waals surface area contributed by atoms with Crippen molar-refractivity contribution < 1.29 is 9.47 Å². The molecular weight excluding hydrogens is 398 g/mol. The standard InChI is InChI=1S/C16H17Br2NO2/c1-19-9-11-4-3-5-15(18)16(11)21-10-12-8-13(20-2)6-7-14(12)17/h3-8,19H,9-10H2,1-2H3. The molecule has 21 heavy (non-hydrogen) atoms. The third-order valence-electron chi connectivity index (χ3n) is 3.04. The molecule has 0 amide bonds. The Morgan fingerprint density at radius 1 is 1.05 bits per heavy atom. The number of para-hydroxylation sites is 1. The summed E-state index contributed by atoms with van der Waals surface area (Å²) in [6.07, 6.45) is 0. The summed E-state index contributed by atoms with van der Waals surface area (Å²) in [6, 6.07) is 11.9. The SMILES string of the molecule is CNCc1cccc(Br)c1OCc1cc(OC)ccc1Br. The molecule has 2 aromatic carbocycles. The molecule has 0 radical (unpaired) electrons. The van der Waals surface area contributed by atoms with Gasteiger partial charge in [-0.3, -0.25) is 0 Å². The molecule has 0 saturated carbocycles. The van der Waals surface area contributed by atoms with Gasteiger partial charge in [0.15, 0.2) is 0 Å². The molecule has 0 fully saturated rings.